The summed E-state index contributed by atoms with van der Waals surface area (Å²) in [6, 6.07) is 5.51. The molecule has 0 saturated heterocycles. The van der Waals surface area contributed by atoms with Gasteiger partial charge in [0.15, 0.2) is 0 Å². The number of rotatable bonds is 2. The molecule has 2 heterocycles. The van der Waals surface area contributed by atoms with Crippen LogP contribution in [0.15, 0.2) is 24.5 Å². The van der Waals surface area contributed by atoms with Gasteiger partial charge in [-0.15, -0.1) is 11.3 Å². The molecule has 0 fully saturated rings. The van der Waals surface area contributed by atoms with Gasteiger partial charge in [0.25, 0.3) is 0 Å². The number of nitrogens with one attached hydrogen (secondary N) is 1. The Bertz CT molecular complexity index is 891. The molecular weight excluding hydrogens is 349 g/mol. The zero-order valence-corrected chi connectivity index (χ0v) is 14.9. The molecule has 0 amide bonds. The number of hydrogen-bond donors (Lipinski definition) is 1. The first kappa shape index (κ1) is 15.2. The molecule has 6 heteroatoms. The fraction of sp³-hybridized carbons (Fsp3) is 0.294. The topological polar surface area (TPSA) is 37.8 Å². The number of halogens is 2. The summed E-state index contributed by atoms with van der Waals surface area (Å²) in [5.41, 5.74) is 2.29. The maximum Gasteiger partial charge on any atom is 0.142 e. The van der Waals surface area contributed by atoms with E-state index >= 15 is 0 Å². The van der Waals surface area contributed by atoms with Crippen LogP contribution in [0.3, 0.4) is 0 Å². The summed E-state index contributed by atoms with van der Waals surface area (Å²) in [7, 11) is 0. The Morgan fingerprint density at radius 3 is 2.91 bits per heavy atom. The molecule has 0 aliphatic heterocycles. The van der Waals surface area contributed by atoms with E-state index in [1.807, 2.05) is 12.1 Å². The molecule has 1 N–H and O–H groups in total. The molecule has 23 heavy (non-hydrogen) atoms. The third-order valence-corrected chi connectivity index (χ3v) is 6.18. The Labute approximate surface area is 148 Å². The van der Waals surface area contributed by atoms with E-state index in [1.54, 1.807) is 23.7 Å². The third kappa shape index (κ3) is 2.80. The fourth-order valence-electron chi connectivity index (χ4n) is 3.08. The van der Waals surface area contributed by atoms with Crippen LogP contribution in [-0.4, -0.2) is 9.97 Å². The Morgan fingerprint density at radius 2 is 2.09 bits per heavy atom. The number of hydrogen-bond acceptors (Lipinski definition) is 4. The lowest BCUT2D eigenvalue weighted by atomic mass is 9.89. The first-order chi connectivity index (χ1) is 11.1. The van der Waals surface area contributed by atoms with Gasteiger partial charge in [-0.1, -0.05) is 30.1 Å². The maximum atomic E-state index is 6.11. The van der Waals surface area contributed by atoms with E-state index in [4.69, 9.17) is 23.2 Å². The first-order valence-corrected chi connectivity index (χ1v) is 9.16. The molecule has 1 aliphatic rings. The summed E-state index contributed by atoms with van der Waals surface area (Å²) >= 11 is 13.9. The van der Waals surface area contributed by atoms with Crippen molar-refractivity contribution >= 4 is 56.3 Å². The van der Waals surface area contributed by atoms with Crippen LogP contribution in [0.1, 0.15) is 23.8 Å². The van der Waals surface area contributed by atoms with E-state index in [2.05, 4.69) is 22.2 Å². The summed E-state index contributed by atoms with van der Waals surface area (Å²) in [5, 5.41) is 5.61. The average molecular weight is 364 g/mol. The summed E-state index contributed by atoms with van der Waals surface area (Å²) in [6.07, 6.45) is 5.08. The number of anilines is 2. The van der Waals surface area contributed by atoms with Crippen molar-refractivity contribution in [3.05, 3.63) is 45.0 Å². The zero-order valence-electron chi connectivity index (χ0n) is 12.6. The summed E-state index contributed by atoms with van der Waals surface area (Å²) in [6.45, 7) is 2.31. The molecule has 0 spiro atoms. The first-order valence-electron chi connectivity index (χ1n) is 7.59. The van der Waals surface area contributed by atoms with E-state index in [1.165, 1.54) is 16.9 Å². The largest absolute Gasteiger partial charge is 0.340 e. The molecule has 1 atom stereocenters. The second kappa shape index (κ2) is 5.93. The van der Waals surface area contributed by atoms with Crippen LogP contribution in [0.5, 0.6) is 0 Å². The molecule has 1 unspecified atom stereocenters. The van der Waals surface area contributed by atoms with Crippen molar-refractivity contribution < 1.29 is 0 Å². The van der Waals surface area contributed by atoms with Crippen LogP contribution >= 0.6 is 34.5 Å². The van der Waals surface area contributed by atoms with E-state index in [9.17, 15) is 0 Å². The number of aryl methyl sites for hydroxylation is 1. The maximum absolute atomic E-state index is 6.11. The summed E-state index contributed by atoms with van der Waals surface area (Å²) < 4.78 is 0. The second-order valence-corrected chi connectivity index (χ2v) is 7.91. The standard InChI is InChI=1S/C17H15Cl2N3S/c1-9-2-4-11-14(6-9)23-17-15(11)16(20-8-21-17)22-10-3-5-12(18)13(19)7-10/h3,5,7-9H,2,4,6H2,1H3,(H,20,21,22). The van der Waals surface area contributed by atoms with E-state index in [-0.39, 0.29) is 0 Å². The second-order valence-electron chi connectivity index (χ2n) is 6.01. The van der Waals surface area contributed by atoms with E-state index in [0.717, 1.165) is 40.5 Å². The fourth-order valence-corrected chi connectivity index (χ4v) is 4.73. The van der Waals surface area contributed by atoms with Crippen molar-refractivity contribution in [2.75, 3.05) is 5.32 Å². The van der Waals surface area contributed by atoms with Gasteiger partial charge in [0.1, 0.15) is 17.0 Å². The van der Waals surface area contributed by atoms with E-state index < -0.39 is 0 Å². The van der Waals surface area contributed by atoms with Crippen molar-refractivity contribution in [2.45, 2.75) is 26.2 Å². The predicted octanol–water partition coefficient (Wildman–Crippen LogP) is 5.87. The van der Waals surface area contributed by atoms with Gasteiger partial charge in [0.2, 0.25) is 0 Å². The van der Waals surface area contributed by atoms with Crippen LogP contribution in [0.25, 0.3) is 10.2 Å². The van der Waals surface area contributed by atoms with Crippen molar-refractivity contribution in [3.8, 4) is 0 Å². The van der Waals surface area contributed by atoms with Crippen LogP contribution in [0.4, 0.5) is 11.5 Å². The molecule has 0 saturated carbocycles. The highest BCUT2D eigenvalue weighted by molar-refractivity contribution is 7.19. The summed E-state index contributed by atoms with van der Waals surface area (Å²) in [5.74, 6) is 1.59. The van der Waals surface area contributed by atoms with Gasteiger partial charge in [-0.3, -0.25) is 0 Å². The number of fused-ring (bicyclic) bond motifs is 3. The lowest BCUT2D eigenvalue weighted by Gasteiger charge is -2.18. The molecule has 3 aromatic rings. The molecule has 0 radical (unpaired) electrons. The lowest BCUT2D eigenvalue weighted by molar-refractivity contribution is 0.509. The highest BCUT2D eigenvalue weighted by atomic mass is 35.5. The van der Waals surface area contributed by atoms with Crippen LogP contribution in [0.2, 0.25) is 10.0 Å². The van der Waals surface area contributed by atoms with Crippen LogP contribution in [0, 0.1) is 5.92 Å². The number of aromatic nitrogens is 2. The Morgan fingerprint density at radius 1 is 1.22 bits per heavy atom. The monoisotopic (exact) mass is 363 g/mol. The summed E-state index contributed by atoms with van der Waals surface area (Å²) in [4.78, 5) is 11.4. The van der Waals surface area contributed by atoms with Gasteiger partial charge in [-0.2, -0.15) is 0 Å². The van der Waals surface area contributed by atoms with Gasteiger partial charge < -0.3 is 5.32 Å². The molecule has 4 rings (SSSR count). The van der Waals surface area contributed by atoms with E-state index in [0.29, 0.717) is 10.0 Å². The minimum absolute atomic E-state index is 0.531. The van der Waals surface area contributed by atoms with Crippen molar-refractivity contribution in [2.24, 2.45) is 5.92 Å². The minimum Gasteiger partial charge on any atom is -0.340 e. The van der Waals surface area contributed by atoms with Crippen molar-refractivity contribution in [3.63, 3.8) is 0 Å². The molecule has 1 aliphatic carbocycles. The van der Waals surface area contributed by atoms with Gasteiger partial charge in [-0.05, 0) is 48.9 Å². The normalized spacial score (nSPS) is 17.3. The smallest absolute Gasteiger partial charge is 0.142 e. The highest BCUT2D eigenvalue weighted by Crippen LogP contribution is 2.40. The number of benzene rings is 1. The number of nitrogens with zero attached hydrogens (tertiary/aromatic N) is 2. The molecule has 3 nitrogen and oxygen atoms in total. The lowest BCUT2D eigenvalue weighted by Crippen LogP contribution is -2.09. The quantitative estimate of drug-likeness (QED) is 0.618. The van der Waals surface area contributed by atoms with Crippen LogP contribution < -0.4 is 5.32 Å². The highest BCUT2D eigenvalue weighted by Gasteiger charge is 2.23. The minimum atomic E-state index is 0.531. The average Bonchev–Trinajstić information content (AvgIpc) is 2.89. The molecule has 0 bridgehead atoms. The van der Waals surface area contributed by atoms with Gasteiger partial charge in [0, 0.05) is 10.6 Å². The predicted molar refractivity (Wildman–Crippen MR) is 98.3 cm³/mol. The zero-order chi connectivity index (χ0) is 16.0. The Hall–Kier alpha value is -1.36. The molecule has 1 aromatic carbocycles. The van der Waals surface area contributed by atoms with Crippen molar-refractivity contribution in [1.29, 1.82) is 0 Å². The van der Waals surface area contributed by atoms with Crippen LogP contribution in [-0.2, 0) is 12.8 Å². The molecular formula is C17H15Cl2N3S. The van der Waals surface area contributed by atoms with Crippen molar-refractivity contribution in [1.82, 2.24) is 9.97 Å². The number of thiophene rings is 1. The SMILES string of the molecule is CC1CCc2c(sc3ncnc(Nc4ccc(Cl)c(Cl)c4)c23)C1. The van der Waals surface area contributed by atoms with Gasteiger partial charge in [-0.25, -0.2) is 9.97 Å². The molecule has 2 aromatic heterocycles. The molecule has 118 valence electrons. The third-order valence-electron chi connectivity index (χ3n) is 4.27. The Kier molecular flexibility index (Phi) is 3.92. The van der Waals surface area contributed by atoms with Gasteiger partial charge in [0.05, 0.1) is 15.4 Å². The van der Waals surface area contributed by atoms with Gasteiger partial charge >= 0.3 is 0 Å². The Balaban J connectivity index is 1.79.